The lowest BCUT2D eigenvalue weighted by atomic mass is 10.1. The highest BCUT2D eigenvalue weighted by molar-refractivity contribution is 5.20. The number of aromatic nitrogens is 2. The van der Waals surface area contributed by atoms with Crippen LogP contribution in [-0.2, 0) is 17.9 Å². The highest BCUT2D eigenvalue weighted by atomic mass is 16.5. The molecule has 4 heteroatoms. The first kappa shape index (κ1) is 14.1. The molecule has 0 unspecified atom stereocenters. The summed E-state index contributed by atoms with van der Waals surface area (Å²) in [6.45, 7) is 11.4. The number of nitrogens with zero attached hydrogens (tertiary/aromatic N) is 2. The Labute approximate surface area is 104 Å². The predicted octanol–water partition coefficient (Wildman–Crippen LogP) is 2.25. The quantitative estimate of drug-likeness (QED) is 0.790. The van der Waals surface area contributed by atoms with Crippen molar-refractivity contribution in [1.82, 2.24) is 15.3 Å². The van der Waals surface area contributed by atoms with E-state index < -0.39 is 0 Å². The summed E-state index contributed by atoms with van der Waals surface area (Å²) in [6, 6.07) is 0. The van der Waals surface area contributed by atoms with E-state index in [-0.39, 0.29) is 0 Å². The molecule has 0 fully saturated rings. The molecule has 0 radical (unpaired) electrons. The molecule has 17 heavy (non-hydrogen) atoms. The molecule has 96 valence electrons. The first-order valence-corrected chi connectivity index (χ1v) is 6.32. The third-order valence-electron chi connectivity index (χ3n) is 2.50. The molecule has 4 nitrogen and oxygen atoms in total. The van der Waals surface area contributed by atoms with Crippen molar-refractivity contribution >= 4 is 0 Å². The maximum atomic E-state index is 5.33. The number of hydrogen-bond donors (Lipinski definition) is 1. The molecule has 0 bridgehead atoms. The van der Waals surface area contributed by atoms with Crippen molar-refractivity contribution in [3.05, 3.63) is 23.3 Å². The van der Waals surface area contributed by atoms with E-state index in [1.807, 2.05) is 13.1 Å². The molecule has 0 saturated heterocycles. The summed E-state index contributed by atoms with van der Waals surface area (Å²) in [6.07, 6.45) is 1.92. The minimum absolute atomic E-state index is 0.409. The lowest BCUT2D eigenvalue weighted by molar-refractivity contribution is 0.128. The van der Waals surface area contributed by atoms with Gasteiger partial charge in [-0.25, -0.2) is 9.97 Å². The summed E-state index contributed by atoms with van der Waals surface area (Å²) in [5.41, 5.74) is 2.30. The second kappa shape index (κ2) is 7.35. The van der Waals surface area contributed by atoms with Crippen molar-refractivity contribution in [3.63, 3.8) is 0 Å². The fraction of sp³-hybridized carbons (Fsp3) is 0.692. The van der Waals surface area contributed by atoms with E-state index in [9.17, 15) is 0 Å². The van der Waals surface area contributed by atoms with Gasteiger partial charge in [-0.2, -0.15) is 0 Å². The van der Waals surface area contributed by atoms with Crippen LogP contribution in [-0.4, -0.2) is 23.1 Å². The zero-order valence-electron chi connectivity index (χ0n) is 11.3. The van der Waals surface area contributed by atoms with Crippen LogP contribution in [0.2, 0.25) is 0 Å². The summed E-state index contributed by atoms with van der Waals surface area (Å²) in [4.78, 5) is 8.92. The maximum absolute atomic E-state index is 5.33. The van der Waals surface area contributed by atoms with Gasteiger partial charge in [0.25, 0.3) is 0 Å². The smallest absolute Gasteiger partial charge is 0.154 e. The number of nitrogens with one attached hydrogen (secondary N) is 1. The molecule has 1 aromatic heterocycles. The molecule has 1 aromatic rings. The van der Waals surface area contributed by atoms with Crippen LogP contribution in [0.1, 0.15) is 50.7 Å². The van der Waals surface area contributed by atoms with E-state index in [0.717, 1.165) is 24.6 Å². The van der Waals surface area contributed by atoms with E-state index >= 15 is 0 Å². The lowest BCUT2D eigenvalue weighted by Crippen LogP contribution is -2.16. The van der Waals surface area contributed by atoms with E-state index in [4.69, 9.17) is 4.74 Å². The van der Waals surface area contributed by atoms with Crippen LogP contribution in [0.4, 0.5) is 0 Å². The zero-order chi connectivity index (χ0) is 12.7. The number of hydrogen-bond acceptors (Lipinski definition) is 4. The van der Waals surface area contributed by atoms with Crippen molar-refractivity contribution in [2.75, 3.05) is 13.2 Å². The lowest BCUT2D eigenvalue weighted by Gasteiger charge is -2.13. The van der Waals surface area contributed by atoms with Gasteiger partial charge in [0.05, 0.1) is 5.69 Å². The fourth-order valence-corrected chi connectivity index (χ4v) is 1.62. The molecule has 0 aliphatic heterocycles. The summed E-state index contributed by atoms with van der Waals surface area (Å²) < 4.78 is 5.33. The third-order valence-corrected chi connectivity index (χ3v) is 2.50. The van der Waals surface area contributed by atoms with Gasteiger partial charge in [0.1, 0.15) is 6.61 Å². The van der Waals surface area contributed by atoms with Gasteiger partial charge in [0, 0.05) is 24.9 Å². The molecule has 1 N–H and O–H groups in total. The molecular formula is C13H23N3O. The standard InChI is InChI=1S/C13H23N3O/c1-5-14-7-11-8-15-12(9-17-6-2)16-13(11)10(3)4/h8,10,14H,5-7,9H2,1-4H3. The van der Waals surface area contributed by atoms with Crippen LogP contribution >= 0.6 is 0 Å². The Morgan fingerprint density at radius 2 is 2.12 bits per heavy atom. The largest absolute Gasteiger partial charge is 0.374 e. The summed E-state index contributed by atoms with van der Waals surface area (Å²) in [5.74, 6) is 1.18. The van der Waals surface area contributed by atoms with Crippen LogP contribution in [0.5, 0.6) is 0 Å². The summed E-state index contributed by atoms with van der Waals surface area (Å²) in [5, 5.41) is 3.31. The van der Waals surface area contributed by atoms with Crippen molar-refractivity contribution < 1.29 is 4.74 Å². The van der Waals surface area contributed by atoms with Crippen LogP contribution in [0.15, 0.2) is 6.20 Å². The topological polar surface area (TPSA) is 47.0 Å². The molecule has 0 aromatic carbocycles. The van der Waals surface area contributed by atoms with Gasteiger partial charge < -0.3 is 10.1 Å². The Morgan fingerprint density at radius 1 is 1.35 bits per heavy atom. The fourth-order valence-electron chi connectivity index (χ4n) is 1.62. The third kappa shape index (κ3) is 4.40. The zero-order valence-corrected chi connectivity index (χ0v) is 11.3. The molecule has 0 amide bonds. The van der Waals surface area contributed by atoms with Crippen LogP contribution in [0.25, 0.3) is 0 Å². The molecule has 0 spiro atoms. The second-order valence-corrected chi connectivity index (χ2v) is 4.27. The Kier molecular flexibility index (Phi) is 6.08. The van der Waals surface area contributed by atoms with Gasteiger partial charge in [-0.1, -0.05) is 20.8 Å². The van der Waals surface area contributed by atoms with E-state index in [1.165, 1.54) is 5.56 Å². The van der Waals surface area contributed by atoms with Gasteiger partial charge in [0.15, 0.2) is 5.82 Å². The molecule has 0 atom stereocenters. The first-order valence-electron chi connectivity index (χ1n) is 6.32. The molecule has 0 aliphatic carbocycles. The van der Waals surface area contributed by atoms with Crippen LogP contribution in [0.3, 0.4) is 0 Å². The normalized spacial score (nSPS) is 11.1. The minimum Gasteiger partial charge on any atom is -0.374 e. The predicted molar refractivity (Wildman–Crippen MR) is 68.8 cm³/mol. The Bertz CT molecular complexity index is 339. The van der Waals surface area contributed by atoms with Crippen molar-refractivity contribution in [2.45, 2.75) is 46.8 Å². The minimum atomic E-state index is 0.409. The van der Waals surface area contributed by atoms with Gasteiger partial charge in [-0.3, -0.25) is 0 Å². The number of rotatable bonds is 7. The summed E-state index contributed by atoms with van der Waals surface area (Å²) >= 11 is 0. The molecule has 1 heterocycles. The van der Waals surface area contributed by atoms with E-state index in [1.54, 1.807) is 0 Å². The van der Waals surface area contributed by atoms with Gasteiger partial charge in [-0.05, 0) is 19.4 Å². The molecule has 0 aliphatic rings. The monoisotopic (exact) mass is 237 g/mol. The number of ether oxygens (including phenoxy) is 1. The highest BCUT2D eigenvalue weighted by Crippen LogP contribution is 2.16. The summed E-state index contributed by atoms with van der Waals surface area (Å²) in [7, 11) is 0. The average Bonchev–Trinajstić information content (AvgIpc) is 2.34. The second-order valence-electron chi connectivity index (χ2n) is 4.27. The average molecular weight is 237 g/mol. The van der Waals surface area contributed by atoms with Gasteiger partial charge in [0.2, 0.25) is 0 Å². The van der Waals surface area contributed by atoms with Gasteiger partial charge in [-0.15, -0.1) is 0 Å². The highest BCUT2D eigenvalue weighted by Gasteiger charge is 2.10. The molecule has 0 saturated carbocycles. The van der Waals surface area contributed by atoms with Crippen molar-refractivity contribution in [3.8, 4) is 0 Å². The SMILES string of the molecule is CCNCc1cnc(COCC)nc1C(C)C. The Morgan fingerprint density at radius 3 is 2.71 bits per heavy atom. The van der Waals surface area contributed by atoms with Crippen molar-refractivity contribution in [2.24, 2.45) is 0 Å². The first-order chi connectivity index (χ1) is 8.19. The molecule has 1 rings (SSSR count). The van der Waals surface area contributed by atoms with Crippen molar-refractivity contribution in [1.29, 1.82) is 0 Å². The maximum Gasteiger partial charge on any atom is 0.154 e. The Balaban J connectivity index is 2.83. The van der Waals surface area contributed by atoms with Crippen LogP contribution in [0, 0.1) is 0 Å². The van der Waals surface area contributed by atoms with Gasteiger partial charge >= 0.3 is 0 Å². The van der Waals surface area contributed by atoms with E-state index in [2.05, 4.69) is 36.1 Å². The van der Waals surface area contributed by atoms with E-state index in [0.29, 0.717) is 19.1 Å². The molecular weight excluding hydrogens is 214 g/mol. The Hall–Kier alpha value is -1.00. The van der Waals surface area contributed by atoms with Crippen LogP contribution < -0.4 is 5.32 Å².